The molecule has 0 atom stereocenters. The van der Waals surface area contributed by atoms with Gasteiger partial charge in [0.05, 0.1) is 5.75 Å². The Bertz CT molecular complexity index is 485. The topological polar surface area (TPSA) is 74.5 Å². The van der Waals surface area contributed by atoms with Gasteiger partial charge >= 0.3 is 5.97 Å². The lowest BCUT2D eigenvalue weighted by Crippen LogP contribution is -2.36. The number of hydrogen-bond donors (Lipinski definition) is 1. The van der Waals surface area contributed by atoms with Gasteiger partial charge in [0.1, 0.15) is 0 Å². The van der Waals surface area contributed by atoms with Gasteiger partial charge in [-0.2, -0.15) is 0 Å². The monoisotopic (exact) mass is 313 g/mol. The molecule has 2 heterocycles. The standard InChI is InChI=1S/C13H23N5O2S/c1-16-6-4-10(5-7-16)8-17(2)12-14-15-13(18(12)3)21-9-11(19)20/h10H,4-9H2,1-3H3,(H,19,20). The quantitative estimate of drug-likeness (QED) is 0.778. The Hall–Kier alpha value is -1.28. The molecule has 0 aliphatic carbocycles. The number of aliphatic carboxylic acids is 1. The van der Waals surface area contributed by atoms with Gasteiger partial charge < -0.3 is 14.9 Å². The number of piperidine rings is 1. The highest BCUT2D eigenvalue weighted by Gasteiger charge is 2.21. The van der Waals surface area contributed by atoms with E-state index in [9.17, 15) is 4.79 Å². The number of anilines is 1. The smallest absolute Gasteiger partial charge is 0.313 e. The van der Waals surface area contributed by atoms with Crippen molar-refractivity contribution in [2.45, 2.75) is 18.0 Å². The van der Waals surface area contributed by atoms with Gasteiger partial charge in [0.25, 0.3) is 0 Å². The highest BCUT2D eigenvalue weighted by Crippen LogP contribution is 2.22. The van der Waals surface area contributed by atoms with Crippen LogP contribution in [0.2, 0.25) is 0 Å². The number of carbonyl (C=O) groups is 1. The average molecular weight is 313 g/mol. The SMILES string of the molecule is CN1CCC(CN(C)c2nnc(SCC(=O)O)n2C)CC1. The minimum Gasteiger partial charge on any atom is -0.481 e. The largest absolute Gasteiger partial charge is 0.481 e. The lowest BCUT2D eigenvalue weighted by atomic mass is 9.97. The van der Waals surface area contributed by atoms with Crippen LogP contribution in [0.4, 0.5) is 5.95 Å². The van der Waals surface area contributed by atoms with Crippen molar-refractivity contribution in [3.8, 4) is 0 Å². The Morgan fingerprint density at radius 3 is 2.67 bits per heavy atom. The molecule has 21 heavy (non-hydrogen) atoms. The summed E-state index contributed by atoms with van der Waals surface area (Å²) in [4.78, 5) is 15.1. The summed E-state index contributed by atoms with van der Waals surface area (Å²) in [5.41, 5.74) is 0. The van der Waals surface area contributed by atoms with Crippen LogP contribution in [0.5, 0.6) is 0 Å². The third-order valence-corrected chi connectivity index (χ3v) is 4.85. The van der Waals surface area contributed by atoms with E-state index in [0.29, 0.717) is 11.1 Å². The van der Waals surface area contributed by atoms with Crippen molar-refractivity contribution in [1.82, 2.24) is 19.7 Å². The molecule has 8 heteroatoms. The zero-order valence-corrected chi connectivity index (χ0v) is 13.6. The van der Waals surface area contributed by atoms with Crippen LogP contribution in [0.15, 0.2) is 5.16 Å². The molecule has 1 aromatic rings. The van der Waals surface area contributed by atoms with Crippen molar-refractivity contribution in [2.75, 3.05) is 44.4 Å². The number of carboxylic acids is 1. The number of nitrogens with zero attached hydrogens (tertiary/aromatic N) is 5. The van der Waals surface area contributed by atoms with Crippen LogP contribution in [0.3, 0.4) is 0 Å². The number of thioether (sulfide) groups is 1. The highest BCUT2D eigenvalue weighted by atomic mass is 32.2. The van der Waals surface area contributed by atoms with Gasteiger partial charge in [0.2, 0.25) is 5.95 Å². The predicted octanol–water partition coefficient (Wildman–Crippen LogP) is 0.770. The highest BCUT2D eigenvalue weighted by molar-refractivity contribution is 7.99. The van der Waals surface area contributed by atoms with Crippen LogP contribution in [-0.2, 0) is 11.8 Å². The van der Waals surface area contributed by atoms with Gasteiger partial charge in [-0.25, -0.2) is 0 Å². The second kappa shape index (κ2) is 7.13. The fraction of sp³-hybridized carbons (Fsp3) is 0.769. The molecule has 1 N–H and O–H groups in total. The van der Waals surface area contributed by atoms with Crippen LogP contribution >= 0.6 is 11.8 Å². The lowest BCUT2D eigenvalue weighted by molar-refractivity contribution is -0.133. The van der Waals surface area contributed by atoms with Gasteiger partial charge in [-0.1, -0.05) is 11.8 Å². The van der Waals surface area contributed by atoms with Crippen molar-refractivity contribution in [3.05, 3.63) is 0 Å². The number of hydrogen-bond acceptors (Lipinski definition) is 6. The molecular formula is C13H23N5O2S. The Morgan fingerprint density at radius 1 is 1.38 bits per heavy atom. The number of rotatable bonds is 6. The van der Waals surface area contributed by atoms with Crippen LogP contribution in [0.1, 0.15) is 12.8 Å². The first-order valence-electron chi connectivity index (χ1n) is 7.11. The maximum absolute atomic E-state index is 10.6. The Balaban J connectivity index is 1.93. The molecule has 7 nitrogen and oxygen atoms in total. The maximum Gasteiger partial charge on any atom is 0.313 e. The van der Waals surface area contributed by atoms with Crippen molar-refractivity contribution < 1.29 is 9.90 Å². The van der Waals surface area contributed by atoms with E-state index in [1.807, 2.05) is 18.7 Å². The molecule has 0 bridgehead atoms. The zero-order chi connectivity index (χ0) is 15.4. The molecule has 1 aromatic heterocycles. The van der Waals surface area contributed by atoms with E-state index >= 15 is 0 Å². The summed E-state index contributed by atoms with van der Waals surface area (Å²) < 4.78 is 1.86. The van der Waals surface area contributed by atoms with Crippen LogP contribution < -0.4 is 4.90 Å². The average Bonchev–Trinajstić information content (AvgIpc) is 2.80. The first kappa shape index (κ1) is 16.1. The first-order chi connectivity index (χ1) is 9.97. The van der Waals surface area contributed by atoms with Crippen molar-refractivity contribution >= 4 is 23.7 Å². The summed E-state index contributed by atoms with van der Waals surface area (Å²) in [5.74, 6) is 0.633. The molecule has 1 aliphatic heterocycles. The molecule has 0 spiro atoms. The summed E-state index contributed by atoms with van der Waals surface area (Å²) in [6.45, 7) is 3.26. The minimum absolute atomic E-state index is 0.00461. The number of aromatic nitrogens is 3. The molecular weight excluding hydrogens is 290 g/mol. The summed E-state index contributed by atoms with van der Waals surface area (Å²) in [5, 5.41) is 17.6. The van der Waals surface area contributed by atoms with Crippen molar-refractivity contribution in [2.24, 2.45) is 13.0 Å². The normalized spacial score (nSPS) is 17.1. The number of likely N-dealkylation sites (tertiary alicyclic amines) is 1. The summed E-state index contributed by atoms with van der Waals surface area (Å²) >= 11 is 1.20. The fourth-order valence-electron chi connectivity index (χ4n) is 2.61. The summed E-state index contributed by atoms with van der Waals surface area (Å²) in [6, 6.07) is 0. The third-order valence-electron chi connectivity index (χ3n) is 3.85. The summed E-state index contributed by atoms with van der Waals surface area (Å²) in [6.07, 6.45) is 2.42. The van der Waals surface area contributed by atoms with E-state index in [1.165, 1.54) is 24.6 Å². The molecule has 0 aromatic carbocycles. The molecule has 0 unspecified atom stereocenters. The molecule has 2 rings (SSSR count). The molecule has 1 saturated heterocycles. The van der Waals surface area contributed by atoms with E-state index in [4.69, 9.17) is 5.11 Å². The van der Waals surface area contributed by atoms with E-state index in [1.54, 1.807) is 0 Å². The predicted molar refractivity (Wildman–Crippen MR) is 82.9 cm³/mol. The zero-order valence-electron chi connectivity index (χ0n) is 12.8. The van der Waals surface area contributed by atoms with Crippen LogP contribution in [0, 0.1) is 5.92 Å². The van der Waals surface area contributed by atoms with Gasteiger partial charge in [-0.15, -0.1) is 10.2 Å². The van der Waals surface area contributed by atoms with Gasteiger partial charge in [-0.05, 0) is 38.9 Å². The fourth-order valence-corrected chi connectivity index (χ4v) is 3.23. The van der Waals surface area contributed by atoms with Gasteiger partial charge in [0.15, 0.2) is 5.16 Å². The van der Waals surface area contributed by atoms with E-state index in [0.717, 1.165) is 25.6 Å². The summed E-state index contributed by atoms with van der Waals surface area (Å²) in [7, 11) is 6.06. The second-order valence-electron chi connectivity index (χ2n) is 5.65. The molecule has 0 radical (unpaired) electrons. The van der Waals surface area contributed by atoms with Gasteiger partial charge in [-0.3, -0.25) is 9.36 Å². The molecule has 1 aliphatic rings. The van der Waals surface area contributed by atoms with Crippen molar-refractivity contribution in [3.63, 3.8) is 0 Å². The second-order valence-corrected chi connectivity index (χ2v) is 6.59. The Morgan fingerprint density at radius 2 is 2.05 bits per heavy atom. The molecule has 0 amide bonds. The first-order valence-corrected chi connectivity index (χ1v) is 8.09. The third kappa shape index (κ3) is 4.34. The van der Waals surface area contributed by atoms with Gasteiger partial charge in [0, 0.05) is 20.6 Å². The molecule has 0 saturated carbocycles. The van der Waals surface area contributed by atoms with Crippen LogP contribution in [-0.4, -0.2) is 70.2 Å². The minimum atomic E-state index is -0.843. The van der Waals surface area contributed by atoms with Crippen molar-refractivity contribution in [1.29, 1.82) is 0 Å². The molecule has 1 fully saturated rings. The maximum atomic E-state index is 10.6. The van der Waals surface area contributed by atoms with E-state index in [-0.39, 0.29) is 5.75 Å². The van der Waals surface area contributed by atoms with E-state index < -0.39 is 5.97 Å². The Kier molecular flexibility index (Phi) is 5.46. The lowest BCUT2D eigenvalue weighted by Gasteiger charge is -2.31. The molecule has 118 valence electrons. The van der Waals surface area contributed by atoms with Crippen LogP contribution in [0.25, 0.3) is 0 Å². The Labute approximate surface area is 129 Å². The number of carboxylic acid groups (broad SMARTS) is 1. The van der Waals surface area contributed by atoms with E-state index in [2.05, 4.69) is 27.0 Å².